The van der Waals surface area contributed by atoms with Crippen molar-refractivity contribution in [2.75, 3.05) is 46.0 Å². The quantitative estimate of drug-likeness (QED) is 0.678. The Morgan fingerprint density at radius 1 is 1.14 bits per heavy atom. The Morgan fingerprint density at radius 3 is 2.48 bits per heavy atom. The zero-order valence-corrected chi connectivity index (χ0v) is 13.4. The fourth-order valence-corrected chi connectivity index (χ4v) is 3.73. The van der Waals surface area contributed by atoms with E-state index in [1.807, 2.05) is 0 Å². The first kappa shape index (κ1) is 16.2. The van der Waals surface area contributed by atoms with E-state index in [9.17, 15) is 18.0 Å². The molecule has 0 bridgehead atoms. The molecule has 120 valence electrons. The van der Waals surface area contributed by atoms with E-state index in [-0.39, 0.29) is 24.2 Å². The Labute approximate surface area is 125 Å². The number of hydrogen-bond donors (Lipinski definition) is 0. The van der Waals surface area contributed by atoms with Gasteiger partial charge < -0.3 is 9.80 Å². The highest BCUT2D eigenvalue weighted by atomic mass is 32.2. The molecule has 0 aromatic heterocycles. The summed E-state index contributed by atoms with van der Waals surface area (Å²) in [5.41, 5.74) is 0. The van der Waals surface area contributed by atoms with Crippen LogP contribution < -0.4 is 0 Å². The molecular formula is C13H23N3O4S. The summed E-state index contributed by atoms with van der Waals surface area (Å²) in [4.78, 5) is 27.6. The SMILES string of the molecule is CN1CCC(C(=O)N2CCCN(S(C)(=O)=O)CC2)CC1=O. The van der Waals surface area contributed by atoms with Crippen LogP contribution in [0, 0.1) is 5.92 Å². The molecule has 2 heterocycles. The molecule has 8 heteroatoms. The topological polar surface area (TPSA) is 78.0 Å². The molecule has 2 rings (SSSR count). The number of amides is 2. The van der Waals surface area contributed by atoms with Gasteiger partial charge in [0.1, 0.15) is 0 Å². The number of carbonyl (C=O) groups is 2. The standard InChI is InChI=1S/C13H23N3O4S/c1-14-7-4-11(10-12(14)17)13(18)15-5-3-6-16(9-8-15)21(2,19)20/h11H,3-10H2,1-2H3. The van der Waals surface area contributed by atoms with Gasteiger partial charge in [0.25, 0.3) is 0 Å². The van der Waals surface area contributed by atoms with E-state index in [0.717, 1.165) is 0 Å². The number of rotatable bonds is 2. The molecule has 0 spiro atoms. The first-order chi connectivity index (χ1) is 9.79. The maximum atomic E-state index is 12.5. The number of nitrogens with zero attached hydrogens (tertiary/aromatic N) is 3. The van der Waals surface area contributed by atoms with Gasteiger partial charge in [-0.2, -0.15) is 0 Å². The van der Waals surface area contributed by atoms with Crippen LogP contribution in [0.3, 0.4) is 0 Å². The lowest BCUT2D eigenvalue weighted by Gasteiger charge is -2.31. The molecular weight excluding hydrogens is 294 g/mol. The maximum absolute atomic E-state index is 12.5. The fraction of sp³-hybridized carbons (Fsp3) is 0.846. The molecule has 2 fully saturated rings. The van der Waals surface area contributed by atoms with Gasteiger partial charge in [-0.1, -0.05) is 0 Å². The van der Waals surface area contributed by atoms with E-state index in [1.165, 1.54) is 10.6 Å². The minimum atomic E-state index is -3.20. The zero-order valence-electron chi connectivity index (χ0n) is 12.6. The summed E-state index contributed by atoms with van der Waals surface area (Å²) in [6, 6.07) is 0. The molecule has 2 aliphatic rings. The Bertz CT molecular complexity index is 520. The summed E-state index contributed by atoms with van der Waals surface area (Å²) in [6.07, 6.45) is 2.79. The van der Waals surface area contributed by atoms with Crippen molar-refractivity contribution in [1.29, 1.82) is 0 Å². The molecule has 2 amide bonds. The fourth-order valence-electron chi connectivity index (χ4n) is 2.86. The first-order valence-corrected chi connectivity index (χ1v) is 9.12. The summed E-state index contributed by atoms with van der Waals surface area (Å²) >= 11 is 0. The second-order valence-corrected chi connectivity index (χ2v) is 7.83. The van der Waals surface area contributed by atoms with E-state index in [1.54, 1.807) is 16.8 Å². The van der Waals surface area contributed by atoms with E-state index in [0.29, 0.717) is 45.6 Å². The van der Waals surface area contributed by atoms with Crippen molar-refractivity contribution in [2.45, 2.75) is 19.3 Å². The molecule has 1 unspecified atom stereocenters. The van der Waals surface area contributed by atoms with Crippen LogP contribution in [0.4, 0.5) is 0 Å². The number of carbonyl (C=O) groups excluding carboxylic acids is 2. The third kappa shape index (κ3) is 3.94. The summed E-state index contributed by atoms with van der Waals surface area (Å²) in [6.45, 7) is 2.37. The molecule has 0 saturated carbocycles. The molecule has 2 aliphatic heterocycles. The van der Waals surface area contributed by atoms with Gasteiger partial charge in [-0.3, -0.25) is 9.59 Å². The van der Waals surface area contributed by atoms with Crippen molar-refractivity contribution in [3.8, 4) is 0 Å². The van der Waals surface area contributed by atoms with Gasteiger partial charge in [-0.15, -0.1) is 0 Å². The molecule has 0 N–H and O–H groups in total. The molecule has 0 aromatic carbocycles. The highest BCUT2D eigenvalue weighted by Gasteiger charge is 2.32. The summed E-state index contributed by atoms with van der Waals surface area (Å²) < 4.78 is 24.6. The normalized spacial score (nSPS) is 25.8. The van der Waals surface area contributed by atoms with Gasteiger partial charge in [0, 0.05) is 52.1 Å². The Morgan fingerprint density at radius 2 is 1.86 bits per heavy atom. The van der Waals surface area contributed by atoms with Crippen molar-refractivity contribution < 1.29 is 18.0 Å². The van der Waals surface area contributed by atoms with Crippen molar-refractivity contribution in [1.82, 2.24) is 14.1 Å². The molecule has 0 aromatic rings. The number of hydrogen-bond acceptors (Lipinski definition) is 4. The Kier molecular flexibility index (Phi) is 4.88. The van der Waals surface area contributed by atoms with Gasteiger partial charge in [-0.25, -0.2) is 12.7 Å². The van der Waals surface area contributed by atoms with Crippen LogP contribution >= 0.6 is 0 Å². The molecule has 0 radical (unpaired) electrons. The van der Waals surface area contributed by atoms with Crippen LogP contribution in [0.5, 0.6) is 0 Å². The number of piperidine rings is 1. The van der Waals surface area contributed by atoms with E-state index >= 15 is 0 Å². The van der Waals surface area contributed by atoms with Gasteiger partial charge >= 0.3 is 0 Å². The molecule has 7 nitrogen and oxygen atoms in total. The Balaban J connectivity index is 1.96. The predicted octanol–water partition coefficient (Wildman–Crippen LogP) is -0.651. The molecule has 1 atom stereocenters. The van der Waals surface area contributed by atoms with E-state index in [4.69, 9.17) is 0 Å². The lowest BCUT2D eigenvalue weighted by molar-refractivity contribution is -0.144. The van der Waals surface area contributed by atoms with Crippen LogP contribution in [0.25, 0.3) is 0 Å². The van der Waals surface area contributed by atoms with Crippen LogP contribution in [0.2, 0.25) is 0 Å². The third-order valence-corrected chi connectivity index (χ3v) is 5.55. The van der Waals surface area contributed by atoms with Gasteiger partial charge in [0.05, 0.1) is 6.26 Å². The Hall–Kier alpha value is -1.15. The van der Waals surface area contributed by atoms with Crippen molar-refractivity contribution in [3.63, 3.8) is 0 Å². The third-order valence-electron chi connectivity index (χ3n) is 4.24. The minimum Gasteiger partial charge on any atom is -0.346 e. The van der Waals surface area contributed by atoms with Gasteiger partial charge in [0.15, 0.2) is 0 Å². The van der Waals surface area contributed by atoms with Crippen molar-refractivity contribution in [3.05, 3.63) is 0 Å². The number of likely N-dealkylation sites (tertiary alicyclic amines) is 1. The zero-order chi connectivity index (χ0) is 15.6. The van der Waals surface area contributed by atoms with E-state index < -0.39 is 10.0 Å². The van der Waals surface area contributed by atoms with Crippen molar-refractivity contribution in [2.24, 2.45) is 5.92 Å². The predicted molar refractivity (Wildman–Crippen MR) is 78.0 cm³/mol. The average Bonchev–Trinajstić information content (AvgIpc) is 2.66. The van der Waals surface area contributed by atoms with Crippen molar-refractivity contribution >= 4 is 21.8 Å². The lowest BCUT2D eigenvalue weighted by Crippen LogP contribution is -2.45. The summed E-state index contributed by atoms with van der Waals surface area (Å²) in [5.74, 6) is -0.252. The second kappa shape index (κ2) is 6.31. The second-order valence-electron chi connectivity index (χ2n) is 5.85. The van der Waals surface area contributed by atoms with E-state index in [2.05, 4.69) is 0 Å². The first-order valence-electron chi connectivity index (χ1n) is 7.27. The van der Waals surface area contributed by atoms with Gasteiger partial charge in [0.2, 0.25) is 21.8 Å². The summed E-state index contributed by atoms with van der Waals surface area (Å²) in [7, 11) is -1.46. The summed E-state index contributed by atoms with van der Waals surface area (Å²) in [5, 5.41) is 0. The van der Waals surface area contributed by atoms with Crippen LogP contribution in [0.1, 0.15) is 19.3 Å². The maximum Gasteiger partial charge on any atom is 0.226 e. The monoisotopic (exact) mass is 317 g/mol. The molecule has 0 aliphatic carbocycles. The molecule has 2 saturated heterocycles. The highest BCUT2D eigenvalue weighted by molar-refractivity contribution is 7.88. The minimum absolute atomic E-state index is 0.00665. The van der Waals surface area contributed by atoms with Gasteiger partial charge in [-0.05, 0) is 12.8 Å². The molecule has 21 heavy (non-hydrogen) atoms. The van der Waals surface area contributed by atoms with Crippen LogP contribution in [-0.4, -0.2) is 80.4 Å². The highest BCUT2D eigenvalue weighted by Crippen LogP contribution is 2.21. The smallest absolute Gasteiger partial charge is 0.226 e. The largest absolute Gasteiger partial charge is 0.346 e. The number of sulfonamides is 1. The lowest BCUT2D eigenvalue weighted by atomic mass is 9.95. The van der Waals surface area contributed by atoms with Crippen LogP contribution in [0.15, 0.2) is 0 Å². The average molecular weight is 317 g/mol. The van der Waals surface area contributed by atoms with Crippen LogP contribution in [-0.2, 0) is 19.6 Å².